The van der Waals surface area contributed by atoms with Crippen molar-refractivity contribution in [3.05, 3.63) is 94.7 Å². The molecule has 4 heterocycles. The lowest BCUT2D eigenvalue weighted by Crippen LogP contribution is -2.58. The van der Waals surface area contributed by atoms with Crippen LogP contribution in [0.25, 0.3) is 22.0 Å². The van der Waals surface area contributed by atoms with Crippen LogP contribution in [-0.2, 0) is 17.5 Å². The quantitative estimate of drug-likeness (QED) is 0.194. The van der Waals surface area contributed by atoms with E-state index in [1.165, 1.54) is 10.6 Å². The van der Waals surface area contributed by atoms with Crippen LogP contribution in [0.1, 0.15) is 30.9 Å². The normalized spacial score (nSPS) is 20.3. The van der Waals surface area contributed by atoms with Crippen LogP contribution in [-0.4, -0.2) is 56.3 Å². The number of piperazine rings is 1. The maximum absolute atomic E-state index is 15.3. The van der Waals surface area contributed by atoms with Gasteiger partial charge in [-0.25, -0.2) is 13.6 Å². The largest absolute Gasteiger partial charge is 0.417 e. The van der Waals surface area contributed by atoms with Crippen molar-refractivity contribution in [3.63, 3.8) is 0 Å². The number of pyridine rings is 1. The molecule has 0 aliphatic carbocycles. The summed E-state index contributed by atoms with van der Waals surface area (Å²) >= 11 is 1.09. The molecule has 4 aromatic rings. The highest BCUT2D eigenvalue weighted by atomic mass is 32.2. The first-order valence-corrected chi connectivity index (χ1v) is 15.2. The fraction of sp³-hybridized carbons (Fsp3) is 0.312. The lowest BCUT2D eigenvalue weighted by atomic mass is 9.95. The molecule has 0 spiro atoms. The molecule has 2 aliphatic rings. The van der Waals surface area contributed by atoms with Gasteiger partial charge in [0.25, 0.3) is 0 Å². The summed E-state index contributed by atoms with van der Waals surface area (Å²) in [5.41, 5.74) is -1.66. The van der Waals surface area contributed by atoms with Crippen molar-refractivity contribution in [1.82, 2.24) is 19.4 Å². The number of carbonyl (C=O) groups is 1. The number of aromatic nitrogens is 3. The third kappa shape index (κ3) is 5.47. The predicted molar refractivity (Wildman–Crippen MR) is 162 cm³/mol. The van der Waals surface area contributed by atoms with Crippen LogP contribution in [0.3, 0.4) is 0 Å². The second-order valence-corrected chi connectivity index (χ2v) is 12.3. The van der Waals surface area contributed by atoms with Gasteiger partial charge in [-0.05, 0) is 55.8 Å². The molecule has 0 bridgehead atoms. The standard InChI is InChI=1S/C32H28F5N5O2S/c1-4-26(43)42-17(2)13-40(14-18(42)3)30-23-12-24(32(35,36)37)27(22-6-5-21(33)11-25(22)34)29-28(23)41(31(44)39-30)15-20(16-45-29)19-7-9-38-10-8-19/h4-12,17-18,20H,1,13-16H2,2-3H3/t17-,18+,20-/m0/s1. The van der Waals surface area contributed by atoms with E-state index in [9.17, 15) is 27.2 Å². The van der Waals surface area contributed by atoms with Crippen molar-refractivity contribution in [1.29, 1.82) is 0 Å². The Morgan fingerprint density at radius 1 is 1.04 bits per heavy atom. The van der Waals surface area contributed by atoms with E-state index >= 15 is 4.39 Å². The first-order chi connectivity index (χ1) is 21.4. The highest BCUT2D eigenvalue weighted by Gasteiger charge is 2.40. The average Bonchev–Trinajstić information content (AvgIpc) is 3.20. The molecule has 234 valence electrons. The molecule has 2 aromatic heterocycles. The van der Waals surface area contributed by atoms with E-state index in [1.807, 2.05) is 0 Å². The number of hydrogen-bond acceptors (Lipinski definition) is 6. The van der Waals surface area contributed by atoms with Gasteiger partial charge >= 0.3 is 11.9 Å². The lowest BCUT2D eigenvalue weighted by molar-refractivity contribution is -0.137. The Kier molecular flexibility index (Phi) is 7.92. The zero-order valence-electron chi connectivity index (χ0n) is 24.3. The highest BCUT2D eigenvalue weighted by molar-refractivity contribution is 7.99. The molecular formula is C32H28F5N5O2S. The maximum Gasteiger partial charge on any atom is 0.417 e. The molecule has 7 nitrogen and oxygen atoms in total. The van der Waals surface area contributed by atoms with Gasteiger partial charge in [0.2, 0.25) is 5.91 Å². The summed E-state index contributed by atoms with van der Waals surface area (Å²) in [4.78, 5) is 38.2. The third-order valence-corrected chi connectivity index (χ3v) is 9.62. The van der Waals surface area contributed by atoms with Crippen LogP contribution in [0.2, 0.25) is 0 Å². The summed E-state index contributed by atoms with van der Waals surface area (Å²) in [6.45, 7) is 7.68. The molecule has 1 amide bonds. The van der Waals surface area contributed by atoms with Crippen molar-refractivity contribution < 1.29 is 26.7 Å². The summed E-state index contributed by atoms with van der Waals surface area (Å²) in [5.74, 6) is -2.35. The lowest BCUT2D eigenvalue weighted by Gasteiger charge is -2.44. The highest BCUT2D eigenvalue weighted by Crippen LogP contribution is 2.50. The average molecular weight is 642 g/mol. The Balaban J connectivity index is 1.65. The Hall–Kier alpha value is -4.26. The van der Waals surface area contributed by atoms with Crippen LogP contribution in [0, 0.1) is 11.6 Å². The van der Waals surface area contributed by atoms with Crippen molar-refractivity contribution in [2.24, 2.45) is 0 Å². The molecule has 2 aliphatic heterocycles. The molecule has 45 heavy (non-hydrogen) atoms. The summed E-state index contributed by atoms with van der Waals surface area (Å²) in [6, 6.07) is 6.19. The van der Waals surface area contributed by atoms with Gasteiger partial charge < -0.3 is 9.80 Å². The van der Waals surface area contributed by atoms with Crippen molar-refractivity contribution in [2.45, 2.75) is 49.5 Å². The molecule has 6 rings (SSSR count). The van der Waals surface area contributed by atoms with E-state index in [0.717, 1.165) is 35.5 Å². The second kappa shape index (κ2) is 11.6. The Labute approximate surface area is 259 Å². The van der Waals surface area contributed by atoms with Crippen LogP contribution < -0.4 is 10.6 Å². The van der Waals surface area contributed by atoms with Crippen LogP contribution in [0.5, 0.6) is 0 Å². The number of amides is 1. The maximum atomic E-state index is 15.3. The number of carbonyl (C=O) groups excluding carboxylic acids is 1. The topological polar surface area (TPSA) is 71.3 Å². The summed E-state index contributed by atoms with van der Waals surface area (Å²) in [7, 11) is 0. The van der Waals surface area contributed by atoms with E-state index in [1.54, 1.807) is 48.2 Å². The molecule has 1 fully saturated rings. The summed E-state index contributed by atoms with van der Waals surface area (Å²) < 4.78 is 75.4. The van der Waals surface area contributed by atoms with Gasteiger partial charge in [-0.3, -0.25) is 14.3 Å². The van der Waals surface area contributed by atoms with Crippen molar-refractivity contribution in [3.8, 4) is 11.1 Å². The van der Waals surface area contributed by atoms with Gasteiger partial charge in [-0.2, -0.15) is 18.2 Å². The fourth-order valence-corrected chi connectivity index (χ4v) is 7.84. The molecule has 0 unspecified atom stereocenters. The van der Waals surface area contributed by atoms with Crippen molar-refractivity contribution in [2.75, 3.05) is 23.7 Å². The van der Waals surface area contributed by atoms with Gasteiger partial charge in [0.1, 0.15) is 17.5 Å². The first kappa shape index (κ1) is 30.8. The molecule has 0 N–H and O–H groups in total. The van der Waals surface area contributed by atoms with Crippen LogP contribution >= 0.6 is 11.8 Å². The minimum atomic E-state index is -4.94. The minimum absolute atomic E-state index is 0.0523. The van der Waals surface area contributed by atoms with Crippen LogP contribution in [0.15, 0.2) is 71.1 Å². The Morgan fingerprint density at radius 2 is 1.73 bits per heavy atom. The third-order valence-electron chi connectivity index (χ3n) is 8.36. The minimum Gasteiger partial charge on any atom is -0.352 e. The van der Waals surface area contributed by atoms with E-state index < -0.39 is 40.2 Å². The van der Waals surface area contributed by atoms with E-state index in [2.05, 4.69) is 16.5 Å². The fourth-order valence-electron chi connectivity index (χ4n) is 6.46. The second-order valence-electron chi connectivity index (χ2n) is 11.3. The van der Waals surface area contributed by atoms with Gasteiger partial charge in [0.15, 0.2) is 0 Å². The predicted octanol–water partition coefficient (Wildman–Crippen LogP) is 6.26. The van der Waals surface area contributed by atoms with E-state index in [4.69, 9.17) is 0 Å². The Morgan fingerprint density at radius 3 is 2.36 bits per heavy atom. The number of rotatable bonds is 4. The van der Waals surface area contributed by atoms with Crippen LogP contribution in [0.4, 0.5) is 27.8 Å². The van der Waals surface area contributed by atoms with E-state index in [0.29, 0.717) is 6.07 Å². The SMILES string of the molecule is C=CC(=O)N1[C@H](C)CN(c2nc(=O)n3c4c(c(-c5ccc(F)cc5F)c(C(F)(F)F)cc24)SC[C@@H](c2ccncc2)C3)C[C@@H]1C. The number of nitrogens with zero attached hydrogens (tertiary/aromatic N) is 5. The first-order valence-electron chi connectivity index (χ1n) is 14.3. The molecule has 0 radical (unpaired) electrons. The van der Waals surface area contributed by atoms with Gasteiger partial charge in [0.05, 0.1) is 11.1 Å². The zero-order valence-corrected chi connectivity index (χ0v) is 25.1. The smallest absolute Gasteiger partial charge is 0.352 e. The zero-order chi connectivity index (χ0) is 32.2. The number of alkyl halides is 3. The van der Waals surface area contributed by atoms with Crippen molar-refractivity contribution >= 4 is 34.4 Å². The van der Waals surface area contributed by atoms with Gasteiger partial charge in [-0.15, -0.1) is 11.8 Å². The van der Waals surface area contributed by atoms with Gasteiger partial charge in [-0.1, -0.05) is 6.58 Å². The molecule has 3 atom stereocenters. The Bertz CT molecular complexity index is 1870. The number of benzene rings is 2. The molecule has 13 heteroatoms. The molecule has 0 saturated carbocycles. The molecule has 2 aromatic carbocycles. The summed E-state index contributed by atoms with van der Waals surface area (Å²) in [5, 5.41) is 0.0778. The number of halogens is 5. The van der Waals surface area contributed by atoms with Gasteiger partial charge in [0, 0.05) is 83.3 Å². The molecular weight excluding hydrogens is 613 g/mol. The number of anilines is 1. The number of hydrogen-bond donors (Lipinski definition) is 0. The molecule has 1 saturated heterocycles. The number of thioether (sulfide) groups is 1. The monoisotopic (exact) mass is 641 g/mol. The summed E-state index contributed by atoms with van der Waals surface area (Å²) in [6.07, 6.45) is -0.538. The van der Waals surface area contributed by atoms with E-state index in [-0.39, 0.29) is 70.9 Å².